The average Bonchev–Trinajstić information content (AvgIpc) is 3.32. The molecule has 1 aromatic carbocycles. The minimum absolute atomic E-state index is 0.132. The van der Waals surface area contributed by atoms with E-state index in [4.69, 9.17) is 9.26 Å². The molecule has 0 bridgehead atoms. The summed E-state index contributed by atoms with van der Waals surface area (Å²) in [6.07, 6.45) is 1.42. The van der Waals surface area contributed by atoms with Crippen LogP contribution in [0.4, 0.5) is 5.82 Å². The predicted octanol–water partition coefficient (Wildman–Crippen LogP) is 2.25. The van der Waals surface area contributed by atoms with Gasteiger partial charge >= 0.3 is 0 Å². The number of nitrogens with zero attached hydrogens (tertiary/aromatic N) is 6. The highest BCUT2D eigenvalue weighted by molar-refractivity contribution is 8.00. The van der Waals surface area contributed by atoms with Gasteiger partial charge in [0.1, 0.15) is 22.9 Å². The number of nitrogens with one attached hydrogen (secondary N) is 1. The Morgan fingerprint density at radius 2 is 2.11 bits per heavy atom. The van der Waals surface area contributed by atoms with Crippen molar-refractivity contribution in [2.75, 3.05) is 18.2 Å². The van der Waals surface area contributed by atoms with Crippen molar-refractivity contribution in [3.63, 3.8) is 0 Å². The molecule has 4 aromatic rings. The van der Waals surface area contributed by atoms with Gasteiger partial charge in [-0.2, -0.15) is 4.68 Å². The smallest absolute Gasteiger partial charge is 0.236 e. The first-order valence-corrected chi connectivity index (χ1v) is 9.19. The molecule has 0 unspecified atom stereocenters. The van der Waals surface area contributed by atoms with Gasteiger partial charge in [-0.1, -0.05) is 22.1 Å². The van der Waals surface area contributed by atoms with E-state index in [1.165, 1.54) is 18.1 Å². The maximum Gasteiger partial charge on any atom is 0.236 e. The number of rotatable bonds is 6. The molecule has 1 amide bonds. The Hall–Kier alpha value is -3.47. The SMILES string of the molecule is COc1ccc(-n2nnc3c(SCC(=O)Nc4cc(C)on4)ncnc32)cc1. The van der Waals surface area contributed by atoms with Gasteiger partial charge in [0.15, 0.2) is 17.0 Å². The Labute approximate surface area is 163 Å². The molecule has 28 heavy (non-hydrogen) atoms. The summed E-state index contributed by atoms with van der Waals surface area (Å²) in [6.45, 7) is 1.75. The Balaban J connectivity index is 1.52. The number of benzene rings is 1. The van der Waals surface area contributed by atoms with E-state index < -0.39 is 0 Å². The molecule has 142 valence electrons. The first-order valence-electron chi connectivity index (χ1n) is 8.21. The lowest BCUT2D eigenvalue weighted by Crippen LogP contribution is -2.14. The van der Waals surface area contributed by atoms with E-state index in [2.05, 4.69) is 30.8 Å². The molecule has 0 aliphatic carbocycles. The lowest BCUT2D eigenvalue weighted by molar-refractivity contribution is -0.113. The fourth-order valence-corrected chi connectivity index (χ4v) is 3.20. The van der Waals surface area contributed by atoms with Gasteiger partial charge in [-0.3, -0.25) is 4.79 Å². The number of hydrogen-bond donors (Lipinski definition) is 1. The van der Waals surface area contributed by atoms with E-state index in [1.807, 2.05) is 24.3 Å². The van der Waals surface area contributed by atoms with Crippen molar-refractivity contribution in [3.8, 4) is 11.4 Å². The molecule has 0 saturated carbocycles. The lowest BCUT2D eigenvalue weighted by atomic mass is 10.3. The minimum atomic E-state index is -0.229. The van der Waals surface area contributed by atoms with E-state index >= 15 is 0 Å². The maximum absolute atomic E-state index is 12.1. The lowest BCUT2D eigenvalue weighted by Gasteiger charge is -2.04. The Bertz CT molecular complexity index is 1120. The van der Waals surface area contributed by atoms with Crippen LogP contribution in [0.1, 0.15) is 5.76 Å². The number of fused-ring (bicyclic) bond motifs is 1. The van der Waals surface area contributed by atoms with E-state index in [1.54, 1.807) is 24.8 Å². The molecule has 0 radical (unpaired) electrons. The largest absolute Gasteiger partial charge is 0.497 e. The van der Waals surface area contributed by atoms with E-state index in [0.717, 1.165) is 11.4 Å². The number of hydrogen-bond acceptors (Lipinski definition) is 9. The molecular weight excluding hydrogens is 382 g/mol. The molecule has 0 saturated heterocycles. The normalized spacial score (nSPS) is 10.9. The van der Waals surface area contributed by atoms with Crippen molar-refractivity contribution in [1.29, 1.82) is 0 Å². The fourth-order valence-electron chi connectivity index (χ4n) is 2.47. The van der Waals surface area contributed by atoms with Gasteiger partial charge in [0.2, 0.25) is 5.91 Å². The number of carbonyl (C=O) groups excluding carboxylic acids is 1. The van der Waals surface area contributed by atoms with Crippen LogP contribution >= 0.6 is 11.8 Å². The molecule has 10 nitrogen and oxygen atoms in total. The second-order valence-electron chi connectivity index (χ2n) is 5.71. The van der Waals surface area contributed by atoms with Crippen molar-refractivity contribution < 1.29 is 14.1 Å². The van der Waals surface area contributed by atoms with Crippen molar-refractivity contribution in [2.24, 2.45) is 0 Å². The third-order valence-electron chi connectivity index (χ3n) is 3.76. The van der Waals surface area contributed by atoms with Crippen LogP contribution in [0.5, 0.6) is 5.75 Å². The Morgan fingerprint density at radius 1 is 1.29 bits per heavy atom. The van der Waals surface area contributed by atoms with Crippen molar-refractivity contribution >= 4 is 34.7 Å². The van der Waals surface area contributed by atoms with Crippen LogP contribution in [0, 0.1) is 6.92 Å². The standard InChI is InChI=1S/C17H15N7O3S/c1-10-7-13(22-27-10)20-14(25)8-28-17-15-16(18-9-19-17)24(23-21-15)11-3-5-12(26-2)6-4-11/h3-7,9H,8H2,1-2H3,(H,20,22,25). The summed E-state index contributed by atoms with van der Waals surface area (Å²) >= 11 is 1.24. The van der Waals surface area contributed by atoms with E-state index in [0.29, 0.717) is 27.8 Å². The third kappa shape index (κ3) is 3.64. The molecule has 4 rings (SSSR count). The van der Waals surface area contributed by atoms with Crippen LogP contribution in [-0.4, -0.2) is 48.9 Å². The fraction of sp³-hybridized carbons (Fsp3) is 0.176. The minimum Gasteiger partial charge on any atom is -0.497 e. The molecule has 0 aliphatic heterocycles. The molecule has 0 fully saturated rings. The van der Waals surface area contributed by atoms with Crippen molar-refractivity contribution in [3.05, 3.63) is 42.4 Å². The highest BCUT2D eigenvalue weighted by atomic mass is 32.2. The summed E-state index contributed by atoms with van der Waals surface area (Å²) in [4.78, 5) is 20.6. The number of amides is 1. The first-order chi connectivity index (χ1) is 13.6. The van der Waals surface area contributed by atoms with Crippen LogP contribution in [0.2, 0.25) is 0 Å². The summed E-state index contributed by atoms with van der Waals surface area (Å²) in [7, 11) is 1.61. The Morgan fingerprint density at radius 3 is 2.82 bits per heavy atom. The topological polar surface area (TPSA) is 121 Å². The van der Waals surface area contributed by atoms with Crippen LogP contribution in [0.15, 0.2) is 46.2 Å². The van der Waals surface area contributed by atoms with Crippen molar-refractivity contribution in [1.82, 2.24) is 30.1 Å². The summed E-state index contributed by atoms with van der Waals surface area (Å²) < 4.78 is 11.7. The van der Waals surface area contributed by atoms with E-state index in [-0.39, 0.29) is 11.7 Å². The first kappa shape index (κ1) is 17.9. The summed E-state index contributed by atoms with van der Waals surface area (Å²) in [5.74, 6) is 1.64. The predicted molar refractivity (Wildman–Crippen MR) is 102 cm³/mol. The summed E-state index contributed by atoms with van der Waals surface area (Å²) in [5, 5.41) is 15.3. The molecule has 0 aliphatic rings. The molecule has 3 aromatic heterocycles. The van der Waals surface area contributed by atoms with Gasteiger partial charge in [0, 0.05) is 6.07 Å². The van der Waals surface area contributed by atoms with Gasteiger partial charge in [-0.25, -0.2) is 9.97 Å². The number of thioether (sulfide) groups is 1. The third-order valence-corrected chi connectivity index (χ3v) is 4.74. The number of anilines is 1. The van der Waals surface area contributed by atoms with Crippen LogP contribution < -0.4 is 10.1 Å². The van der Waals surface area contributed by atoms with Crippen molar-refractivity contribution in [2.45, 2.75) is 11.9 Å². The molecule has 0 spiro atoms. The highest BCUT2D eigenvalue weighted by Gasteiger charge is 2.15. The van der Waals surface area contributed by atoms with Gasteiger partial charge in [-0.05, 0) is 31.2 Å². The zero-order chi connectivity index (χ0) is 19.5. The number of carbonyl (C=O) groups is 1. The summed E-state index contributed by atoms with van der Waals surface area (Å²) in [6, 6.07) is 9.02. The molecule has 3 heterocycles. The van der Waals surface area contributed by atoms with Crippen LogP contribution in [0.3, 0.4) is 0 Å². The monoisotopic (exact) mass is 397 g/mol. The number of ether oxygens (including phenoxy) is 1. The number of methoxy groups -OCH3 is 1. The van der Waals surface area contributed by atoms with Crippen LogP contribution in [0.25, 0.3) is 16.9 Å². The zero-order valence-electron chi connectivity index (χ0n) is 15.0. The zero-order valence-corrected chi connectivity index (χ0v) is 15.8. The highest BCUT2D eigenvalue weighted by Crippen LogP contribution is 2.24. The average molecular weight is 397 g/mol. The van der Waals surface area contributed by atoms with Gasteiger partial charge in [0.05, 0.1) is 18.6 Å². The molecular formula is C17H15N7O3S. The van der Waals surface area contributed by atoms with Gasteiger partial charge in [0.25, 0.3) is 0 Å². The Kier molecular flexibility index (Phi) is 4.89. The second-order valence-corrected chi connectivity index (χ2v) is 6.67. The second kappa shape index (κ2) is 7.64. The quantitative estimate of drug-likeness (QED) is 0.385. The van der Waals surface area contributed by atoms with E-state index in [9.17, 15) is 4.79 Å². The number of aryl methyl sites for hydroxylation is 1. The van der Waals surface area contributed by atoms with Gasteiger partial charge < -0.3 is 14.6 Å². The number of aromatic nitrogens is 6. The van der Waals surface area contributed by atoms with Crippen LogP contribution in [-0.2, 0) is 4.79 Å². The molecule has 0 atom stereocenters. The van der Waals surface area contributed by atoms with Gasteiger partial charge in [-0.15, -0.1) is 5.10 Å². The summed E-state index contributed by atoms with van der Waals surface area (Å²) in [5.41, 5.74) is 1.86. The maximum atomic E-state index is 12.1. The molecule has 1 N–H and O–H groups in total. The molecule has 11 heteroatoms.